The number of hydrogen-bond donors (Lipinski definition) is 0. The van der Waals surface area contributed by atoms with E-state index in [4.69, 9.17) is 16.3 Å². The summed E-state index contributed by atoms with van der Waals surface area (Å²) in [5, 5.41) is 0.759. The number of fused-ring (bicyclic) bond motifs is 1. The van der Waals surface area contributed by atoms with Crippen molar-refractivity contribution in [1.29, 1.82) is 0 Å². The molecule has 0 fully saturated rings. The lowest BCUT2D eigenvalue weighted by Gasteiger charge is -2.22. The van der Waals surface area contributed by atoms with E-state index < -0.39 is 0 Å². The van der Waals surface area contributed by atoms with E-state index >= 15 is 0 Å². The molecule has 0 amide bonds. The molecule has 1 unspecified atom stereocenters. The van der Waals surface area contributed by atoms with Crippen LogP contribution >= 0.6 is 34.2 Å². The van der Waals surface area contributed by atoms with Gasteiger partial charge in [0.2, 0.25) is 0 Å². The van der Waals surface area contributed by atoms with Crippen LogP contribution < -0.4 is 4.74 Å². The minimum Gasteiger partial charge on any atom is -0.484 e. The Kier molecular flexibility index (Phi) is 4.72. The van der Waals surface area contributed by atoms with Crippen molar-refractivity contribution in [3.05, 3.63) is 62.2 Å². The number of nitrogens with zero attached hydrogens (tertiary/aromatic N) is 1. The molecular formula is C17H17ClINO. The van der Waals surface area contributed by atoms with E-state index in [1.807, 2.05) is 12.1 Å². The summed E-state index contributed by atoms with van der Waals surface area (Å²) in [5.74, 6) is 0.998. The zero-order valence-electron chi connectivity index (χ0n) is 11.9. The van der Waals surface area contributed by atoms with Crippen LogP contribution in [0.5, 0.6) is 5.75 Å². The van der Waals surface area contributed by atoms with E-state index in [1.54, 1.807) is 0 Å². The van der Waals surface area contributed by atoms with Gasteiger partial charge in [-0.3, -0.25) is 4.90 Å². The van der Waals surface area contributed by atoms with Crippen molar-refractivity contribution in [2.75, 3.05) is 13.1 Å². The van der Waals surface area contributed by atoms with Gasteiger partial charge in [0.25, 0.3) is 0 Å². The van der Waals surface area contributed by atoms with Gasteiger partial charge < -0.3 is 4.74 Å². The molecule has 2 nitrogen and oxygen atoms in total. The zero-order chi connectivity index (χ0) is 14.8. The maximum absolute atomic E-state index is 6.31. The summed E-state index contributed by atoms with van der Waals surface area (Å²) >= 11 is 8.38. The van der Waals surface area contributed by atoms with Crippen LogP contribution in [0.2, 0.25) is 5.02 Å². The van der Waals surface area contributed by atoms with Gasteiger partial charge in [-0.2, -0.15) is 0 Å². The van der Waals surface area contributed by atoms with Gasteiger partial charge in [0.1, 0.15) is 11.9 Å². The molecule has 1 heterocycles. The molecule has 0 saturated heterocycles. The van der Waals surface area contributed by atoms with Gasteiger partial charge in [-0.25, -0.2) is 0 Å². The van der Waals surface area contributed by atoms with E-state index in [-0.39, 0.29) is 6.10 Å². The fourth-order valence-electron chi connectivity index (χ4n) is 2.61. The van der Waals surface area contributed by atoms with Crippen molar-refractivity contribution in [3.8, 4) is 5.75 Å². The Morgan fingerprint density at radius 1 is 1.24 bits per heavy atom. The second kappa shape index (κ2) is 6.55. The Balaban J connectivity index is 1.97. The summed E-state index contributed by atoms with van der Waals surface area (Å²) in [6.07, 6.45) is 0.0432. The van der Waals surface area contributed by atoms with Crippen molar-refractivity contribution in [1.82, 2.24) is 4.90 Å². The molecule has 0 aromatic heterocycles. The first-order chi connectivity index (χ1) is 10.2. The van der Waals surface area contributed by atoms with Crippen molar-refractivity contribution in [3.63, 3.8) is 0 Å². The van der Waals surface area contributed by atoms with Gasteiger partial charge in [-0.15, -0.1) is 0 Å². The highest BCUT2D eigenvalue weighted by Crippen LogP contribution is 2.33. The highest BCUT2D eigenvalue weighted by molar-refractivity contribution is 14.1. The molecule has 110 valence electrons. The molecule has 0 saturated carbocycles. The lowest BCUT2D eigenvalue weighted by Crippen LogP contribution is -2.28. The quantitative estimate of drug-likeness (QED) is 0.649. The molecule has 0 aliphatic carbocycles. The van der Waals surface area contributed by atoms with E-state index in [0.29, 0.717) is 0 Å². The van der Waals surface area contributed by atoms with Crippen LogP contribution in [-0.4, -0.2) is 18.0 Å². The standard InChI is InChI=1S/C17H17ClINO/c1-2-20-10-14-15(19)4-3-5-16(14)21-17(11-20)12-6-8-13(18)9-7-12/h3-9,17H,2,10-11H2,1H3. The van der Waals surface area contributed by atoms with E-state index in [1.165, 1.54) is 14.7 Å². The number of hydrogen-bond acceptors (Lipinski definition) is 2. The fraction of sp³-hybridized carbons (Fsp3) is 0.294. The predicted octanol–water partition coefficient (Wildman–Crippen LogP) is 4.90. The van der Waals surface area contributed by atoms with Crippen LogP contribution in [0.3, 0.4) is 0 Å². The van der Waals surface area contributed by atoms with Crippen molar-refractivity contribution < 1.29 is 4.74 Å². The van der Waals surface area contributed by atoms with E-state index in [0.717, 1.165) is 30.4 Å². The van der Waals surface area contributed by atoms with Crippen LogP contribution in [0.4, 0.5) is 0 Å². The first-order valence-electron chi connectivity index (χ1n) is 7.09. The number of rotatable bonds is 2. The molecule has 3 rings (SSSR count). The van der Waals surface area contributed by atoms with Crippen molar-refractivity contribution >= 4 is 34.2 Å². The molecule has 1 atom stereocenters. The van der Waals surface area contributed by atoms with Gasteiger partial charge in [0, 0.05) is 27.2 Å². The minimum atomic E-state index is 0.0432. The summed E-state index contributed by atoms with van der Waals surface area (Å²) in [4.78, 5) is 2.42. The number of ether oxygens (including phenoxy) is 1. The predicted molar refractivity (Wildman–Crippen MR) is 94.9 cm³/mol. The largest absolute Gasteiger partial charge is 0.484 e. The average molecular weight is 414 g/mol. The van der Waals surface area contributed by atoms with E-state index in [2.05, 4.69) is 64.7 Å². The van der Waals surface area contributed by atoms with Crippen LogP contribution in [0.1, 0.15) is 24.2 Å². The highest BCUT2D eigenvalue weighted by Gasteiger charge is 2.24. The number of likely N-dealkylation sites (N-methyl/N-ethyl adjacent to an activating group) is 1. The Morgan fingerprint density at radius 3 is 2.71 bits per heavy atom. The first-order valence-corrected chi connectivity index (χ1v) is 8.55. The lowest BCUT2D eigenvalue weighted by atomic mass is 10.1. The smallest absolute Gasteiger partial charge is 0.136 e. The monoisotopic (exact) mass is 413 g/mol. The molecule has 0 radical (unpaired) electrons. The molecule has 1 aliphatic rings. The number of halogens is 2. The molecule has 0 N–H and O–H groups in total. The fourth-order valence-corrected chi connectivity index (χ4v) is 3.38. The lowest BCUT2D eigenvalue weighted by molar-refractivity contribution is 0.152. The summed E-state index contributed by atoms with van der Waals surface area (Å²) in [6.45, 7) is 5.04. The topological polar surface area (TPSA) is 12.5 Å². The summed E-state index contributed by atoms with van der Waals surface area (Å²) in [7, 11) is 0. The van der Waals surface area contributed by atoms with Crippen molar-refractivity contribution in [2.45, 2.75) is 19.6 Å². The zero-order valence-corrected chi connectivity index (χ0v) is 14.8. The molecule has 2 aromatic carbocycles. The first kappa shape index (κ1) is 15.1. The SMILES string of the molecule is CCN1Cc2c(I)cccc2OC(c2ccc(Cl)cc2)C1. The van der Waals surface area contributed by atoms with Gasteiger partial charge >= 0.3 is 0 Å². The van der Waals surface area contributed by atoms with Gasteiger partial charge in [-0.1, -0.05) is 36.7 Å². The molecule has 21 heavy (non-hydrogen) atoms. The summed E-state index contributed by atoms with van der Waals surface area (Å²) in [5.41, 5.74) is 2.46. The summed E-state index contributed by atoms with van der Waals surface area (Å²) in [6, 6.07) is 14.2. The Morgan fingerprint density at radius 2 is 2.00 bits per heavy atom. The summed E-state index contributed by atoms with van der Waals surface area (Å²) < 4.78 is 7.57. The third-order valence-electron chi connectivity index (χ3n) is 3.84. The second-order valence-electron chi connectivity index (χ2n) is 5.20. The van der Waals surface area contributed by atoms with Crippen LogP contribution in [0, 0.1) is 3.57 Å². The molecule has 4 heteroatoms. The van der Waals surface area contributed by atoms with E-state index in [9.17, 15) is 0 Å². The Labute approximate surface area is 144 Å². The van der Waals surface area contributed by atoms with Gasteiger partial charge in [0.05, 0.1) is 0 Å². The normalized spacial score (nSPS) is 18.7. The van der Waals surface area contributed by atoms with Crippen molar-refractivity contribution in [2.24, 2.45) is 0 Å². The third-order valence-corrected chi connectivity index (χ3v) is 5.10. The minimum absolute atomic E-state index is 0.0432. The molecule has 1 aliphatic heterocycles. The molecular weight excluding hydrogens is 397 g/mol. The van der Waals surface area contributed by atoms with Gasteiger partial charge in [-0.05, 0) is 59.0 Å². The second-order valence-corrected chi connectivity index (χ2v) is 6.80. The highest BCUT2D eigenvalue weighted by atomic mass is 127. The maximum Gasteiger partial charge on any atom is 0.136 e. The number of benzene rings is 2. The molecule has 0 bridgehead atoms. The molecule has 2 aromatic rings. The Bertz CT molecular complexity index is 629. The third kappa shape index (κ3) is 3.35. The van der Waals surface area contributed by atoms with Crippen LogP contribution in [-0.2, 0) is 6.54 Å². The average Bonchev–Trinajstić information content (AvgIpc) is 2.68. The Hall–Kier alpha value is -0.780. The van der Waals surface area contributed by atoms with Crippen LogP contribution in [0.25, 0.3) is 0 Å². The maximum atomic E-state index is 6.31. The van der Waals surface area contributed by atoms with Gasteiger partial charge in [0.15, 0.2) is 0 Å². The van der Waals surface area contributed by atoms with Crippen LogP contribution in [0.15, 0.2) is 42.5 Å². The molecule has 0 spiro atoms.